The zero-order valence-corrected chi connectivity index (χ0v) is 16.6. The second-order valence-electron chi connectivity index (χ2n) is 7.33. The molecule has 1 aliphatic rings. The van der Waals surface area contributed by atoms with E-state index in [9.17, 15) is 4.79 Å². The van der Waals surface area contributed by atoms with Crippen LogP contribution < -0.4 is 0 Å². The Bertz CT molecular complexity index is 335. The number of ether oxygens (including phenoxy) is 1. The first kappa shape index (κ1) is 22.2. The average Bonchev–Trinajstić information content (AvgIpc) is 2.65. The molecule has 25 heavy (non-hydrogen) atoms. The first-order valence-electron chi connectivity index (χ1n) is 10.8. The summed E-state index contributed by atoms with van der Waals surface area (Å²) in [7, 11) is 0. The fourth-order valence-electron chi connectivity index (χ4n) is 3.32. The van der Waals surface area contributed by atoms with Crippen molar-refractivity contribution in [1.82, 2.24) is 4.90 Å². The smallest absolute Gasteiger partial charge is 0.222 e. The van der Waals surface area contributed by atoms with Gasteiger partial charge in [0.15, 0.2) is 0 Å². The number of carbonyl (C=O) groups excluding carboxylic acids is 1. The fraction of sp³-hybridized carbons (Fsp3) is 0.864. The summed E-state index contributed by atoms with van der Waals surface area (Å²) in [6.45, 7) is 5.23. The van der Waals surface area contributed by atoms with Gasteiger partial charge in [0.1, 0.15) is 0 Å². The molecule has 1 amide bonds. The van der Waals surface area contributed by atoms with Crippen molar-refractivity contribution >= 4 is 5.91 Å². The summed E-state index contributed by atoms with van der Waals surface area (Å²) in [5.74, 6) is 0.307. The Balaban J connectivity index is 1.80. The lowest BCUT2D eigenvalue weighted by atomic mass is 10.1. The molecule has 0 bridgehead atoms. The Morgan fingerprint density at radius 1 is 0.800 bits per heavy atom. The van der Waals surface area contributed by atoms with Crippen LogP contribution in [0.2, 0.25) is 0 Å². The van der Waals surface area contributed by atoms with Crippen LogP contribution in [0.25, 0.3) is 0 Å². The molecule has 0 unspecified atom stereocenters. The highest BCUT2D eigenvalue weighted by atomic mass is 16.5. The molecule has 1 fully saturated rings. The van der Waals surface area contributed by atoms with Crippen molar-refractivity contribution in [1.29, 1.82) is 0 Å². The first-order valence-corrected chi connectivity index (χ1v) is 10.8. The average molecular weight is 352 g/mol. The van der Waals surface area contributed by atoms with Gasteiger partial charge in [0.2, 0.25) is 5.91 Å². The summed E-state index contributed by atoms with van der Waals surface area (Å²) in [6.07, 6.45) is 22.4. The van der Waals surface area contributed by atoms with E-state index in [1.165, 1.54) is 64.2 Å². The molecule has 0 atom stereocenters. The zero-order valence-electron chi connectivity index (χ0n) is 16.6. The van der Waals surface area contributed by atoms with Gasteiger partial charge in [0.05, 0.1) is 13.2 Å². The molecule has 1 heterocycles. The van der Waals surface area contributed by atoms with Crippen molar-refractivity contribution < 1.29 is 9.53 Å². The predicted octanol–water partition coefficient (Wildman–Crippen LogP) is 5.88. The second kappa shape index (κ2) is 16.6. The molecule has 0 aromatic heterocycles. The van der Waals surface area contributed by atoms with Crippen molar-refractivity contribution in [3.8, 4) is 0 Å². The number of allylic oxidation sites excluding steroid dienone is 2. The predicted molar refractivity (Wildman–Crippen MR) is 107 cm³/mol. The van der Waals surface area contributed by atoms with E-state index in [0.29, 0.717) is 25.5 Å². The number of hydrogen-bond donors (Lipinski definition) is 0. The maximum Gasteiger partial charge on any atom is 0.222 e. The Morgan fingerprint density at radius 2 is 1.32 bits per heavy atom. The van der Waals surface area contributed by atoms with Gasteiger partial charge in [0, 0.05) is 19.5 Å². The van der Waals surface area contributed by atoms with Crippen LogP contribution in [0.15, 0.2) is 12.2 Å². The van der Waals surface area contributed by atoms with Gasteiger partial charge in [-0.1, -0.05) is 70.4 Å². The van der Waals surface area contributed by atoms with Crippen molar-refractivity contribution in [2.75, 3.05) is 26.3 Å². The van der Waals surface area contributed by atoms with Crippen molar-refractivity contribution in [3.05, 3.63) is 12.2 Å². The topological polar surface area (TPSA) is 29.5 Å². The third-order valence-electron chi connectivity index (χ3n) is 5.02. The number of morpholine rings is 1. The summed E-state index contributed by atoms with van der Waals surface area (Å²) in [5.41, 5.74) is 0. The molecule has 0 spiro atoms. The van der Waals surface area contributed by atoms with Gasteiger partial charge >= 0.3 is 0 Å². The van der Waals surface area contributed by atoms with Crippen LogP contribution in [0.3, 0.4) is 0 Å². The minimum Gasteiger partial charge on any atom is -0.378 e. The second-order valence-corrected chi connectivity index (χ2v) is 7.33. The lowest BCUT2D eigenvalue weighted by Gasteiger charge is -2.26. The largest absolute Gasteiger partial charge is 0.378 e. The van der Waals surface area contributed by atoms with E-state index in [4.69, 9.17) is 4.74 Å². The van der Waals surface area contributed by atoms with Gasteiger partial charge in [-0.3, -0.25) is 4.79 Å². The highest BCUT2D eigenvalue weighted by Crippen LogP contribution is 2.11. The Hall–Kier alpha value is -0.830. The van der Waals surface area contributed by atoms with Gasteiger partial charge in [-0.2, -0.15) is 0 Å². The lowest BCUT2D eigenvalue weighted by Crippen LogP contribution is -2.40. The maximum absolute atomic E-state index is 12.0. The molecule has 0 radical (unpaired) electrons. The van der Waals surface area contributed by atoms with E-state index in [2.05, 4.69) is 19.1 Å². The fourth-order valence-corrected chi connectivity index (χ4v) is 3.32. The number of hydrogen-bond acceptors (Lipinski definition) is 2. The van der Waals surface area contributed by atoms with Crippen LogP contribution in [0.1, 0.15) is 96.8 Å². The minimum absolute atomic E-state index is 0.307. The van der Waals surface area contributed by atoms with E-state index in [1.807, 2.05) is 4.90 Å². The molecule has 0 aliphatic carbocycles. The summed E-state index contributed by atoms with van der Waals surface area (Å²) in [6, 6.07) is 0. The molecular weight excluding hydrogens is 310 g/mol. The maximum atomic E-state index is 12.0. The Morgan fingerprint density at radius 3 is 1.92 bits per heavy atom. The lowest BCUT2D eigenvalue weighted by molar-refractivity contribution is -0.135. The van der Waals surface area contributed by atoms with Crippen molar-refractivity contribution in [2.24, 2.45) is 0 Å². The standard InChI is InChI=1S/C22H41NO2/c1-2-3-4-5-6-7-8-9-10-11-12-13-14-15-16-17-22(24)23-18-20-25-21-19-23/h12-13H,2-11,14-21H2,1H3/b13-12-. The van der Waals surface area contributed by atoms with Crippen LogP contribution >= 0.6 is 0 Å². The highest BCUT2D eigenvalue weighted by Gasteiger charge is 2.15. The number of carbonyl (C=O) groups is 1. The third kappa shape index (κ3) is 13.1. The normalized spacial score (nSPS) is 15.2. The van der Waals surface area contributed by atoms with Gasteiger partial charge in [0.25, 0.3) is 0 Å². The van der Waals surface area contributed by atoms with E-state index in [1.54, 1.807) is 0 Å². The molecule has 3 heteroatoms. The number of nitrogens with zero attached hydrogens (tertiary/aromatic N) is 1. The summed E-state index contributed by atoms with van der Waals surface area (Å²) < 4.78 is 5.28. The Kier molecular flexibility index (Phi) is 14.8. The molecule has 146 valence electrons. The minimum atomic E-state index is 0.307. The van der Waals surface area contributed by atoms with Crippen LogP contribution in [-0.2, 0) is 9.53 Å². The van der Waals surface area contributed by atoms with Gasteiger partial charge in [-0.05, 0) is 32.1 Å². The first-order chi connectivity index (χ1) is 12.3. The monoisotopic (exact) mass is 351 g/mol. The van der Waals surface area contributed by atoms with Gasteiger partial charge < -0.3 is 9.64 Å². The van der Waals surface area contributed by atoms with Crippen LogP contribution in [0.5, 0.6) is 0 Å². The van der Waals surface area contributed by atoms with Crippen molar-refractivity contribution in [2.45, 2.75) is 96.8 Å². The molecule has 0 aromatic carbocycles. The summed E-state index contributed by atoms with van der Waals surface area (Å²) in [5, 5.41) is 0. The van der Waals surface area contributed by atoms with Crippen LogP contribution in [0.4, 0.5) is 0 Å². The number of amides is 1. The molecule has 3 nitrogen and oxygen atoms in total. The number of unbranched alkanes of at least 4 members (excludes halogenated alkanes) is 11. The zero-order chi connectivity index (χ0) is 18.0. The third-order valence-corrected chi connectivity index (χ3v) is 5.02. The molecule has 1 saturated heterocycles. The molecule has 0 saturated carbocycles. The quantitative estimate of drug-likeness (QED) is 0.272. The molecule has 1 rings (SSSR count). The molecule has 0 N–H and O–H groups in total. The van der Waals surface area contributed by atoms with E-state index in [-0.39, 0.29) is 0 Å². The summed E-state index contributed by atoms with van der Waals surface area (Å²) >= 11 is 0. The highest BCUT2D eigenvalue weighted by molar-refractivity contribution is 5.76. The van der Waals surface area contributed by atoms with E-state index < -0.39 is 0 Å². The molecule has 0 aromatic rings. The van der Waals surface area contributed by atoms with Gasteiger partial charge in [-0.25, -0.2) is 0 Å². The van der Waals surface area contributed by atoms with Crippen LogP contribution in [-0.4, -0.2) is 37.1 Å². The molecule has 1 aliphatic heterocycles. The van der Waals surface area contributed by atoms with Gasteiger partial charge in [-0.15, -0.1) is 0 Å². The SMILES string of the molecule is CCCCCCCCCCC/C=C\CCCCC(=O)N1CCOCC1. The van der Waals surface area contributed by atoms with Crippen LogP contribution in [0, 0.1) is 0 Å². The molecular formula is C22H41NO2. The Labute approximate surface area is 156 Å². The van der Waals surface area contributed by atoms with E-state index in [0.717, 1.165) is 32.4 Å². The van der Waals surface area contributed by atoms with Crippen molar-refractivity contribution in [3.63, 3.8) is 0 Å². The number of rotatable bonds is 15. The summed E-state index contributed by atoms with van der Waals surface area (Å²) in [4.78, 5) is 13.9. The van der Waals surface area contributed by atoms with E-state index >= 15 is 0 Å².